The Morgan fingerprint density at radius 1 is 1.11 bits per heavy atom. The lowest BCUT2D eigenvalue weighted by molar-refractivity contribution is 0.0705. The first kappa shape index (κ1) is 17.6. The van der Waals surface area contributed by atoms with Crippen molar-refractivity contribution in [3.63, 3.8) is 0 Å². The van der Waals surface area contributed by atoms with E-state index in [4.69, 9.17) is 16.8 Å². The van der Waals surface area contributed by atoms with E-state index in [9.17, 15) is 9.59 Å². The molecule has 1 aliphatic rings. The third kappa shape index (κ3) is 3.41. The first-order chi connectivity index (χ1) is 13.0. The van der Waals surface area contributed by atoms with E-state index in [2.05, 4.69) is 4.98 Å². The molecule has 3 N–H and O–H groups in total. The largest absolute Gasteiger partial charge is 0.351 e. The first-order valence-electron chi connectivity index (χ1n) is 8.69. The number of rotatable bonds is 2. The third-order valence-corrected chi connectivity index (χ3v) is 5.14. The SMILES string of the molecule is O=C(NO)c1ccc2c(c1)CCCN(C(=O)c1cc3cc(Cl)ccc3[nH]1)C2. The van der Waals surface area contributed by atoms with Crippen LogP contribution in [-0.2, 0) is 13.0 Å². The van der Waals surface area contributed by atoms with Crippen LogP contribution in [0, 0.1) is 0 Å². The maximum absolute atomic E-state index is 13.0. The highest BCUT2D eigenvalue weighted by Crippen LogP contribution is 2.24. The number of hydrogen-bond donors (Lipinski definition) is 3. The summed E-state index contributed by atoms with van der Waals surface area (Å²) in [5.41, 5.74) is 5.50. The molecule has 0 fully saturated rings. The van der Waals surface area contributed by atoms with E-state index < -0.39 is 5.91 Å². The van der Waals surface area contributed by atoms with Crippen LogP contribution in [0.15, 0.2) is 42.5 Å². The number of fused-ring (bicyclic) bond motifs is 2. The summed E-state index contributed by atoms with van der Waals surface area (Å²) in [7, 11) is 0. The molecule has 0 unspecified atom stereocenters. The highest BCUT2D eigenvalue weighted by atomic mass is 35.5. The predicted molar refractivity (Wildman–Crippen MR) is 102 cm³/mol. The molecular formula is C20H18ClN3O3. The molecule has 4 rings (SSSR count). The Balaban J connectivity index is 1.60. The molecule has 0 bridgehead atoms. The quantitative estimate of drug-likeness (QED) is 0.467. The van der Waals surface area contributed by atoms with Crippen molar-refractivity contribution in [1.82, 2.24) is 15.4 Å². The smallest absolute Gasteiger partial charge is 0.274 e. The summed E-state index contributed by atoms with van der Waals surface area (Å²) >= 11 is 6.03. The first-order valence-corrected chi connectivity index (χ1v) is 9.07. The van der Waals surface area contributed by atoms with E-state index in [-0.39, 0.29) is 5.91 Å². The van der Waals surface area contributed by atoms with E-state index in [1.165, 1.54) is 0 Å². The monoisotopic (exact) mass is 383 g/mol. The fraction of sp³-hybridized carbons (Fsp3) is 0.200. The van der Waals surface area contributed by atoms with Gasteiger partial charge in [-0.1, -0.05) is 17.7 Å². The molecule has 7 heteroatoms. The van der Waals surface area contributed by atoms with Crippen LogP contribution < -0.4 is 5.48 Å². The van der Waals surface area contributed by atoms with Crippen LogP contribution in [0.25, 0.3) is 10.9 Å². The Morgan fingerprint density at radius 3 is 2.78 bits per heavy atom. The van der Waals surface area contributed by atoms with Gasteiger partial charge in [-0.2, -0.15) is 0 Å². The van der Waals surface area contributed by atoms with Crippen molar-refractivity contribution in [2.75, 3.05) is 6.54 Å². The number of carbonyl (C=O) groups is 2. The Labute approximate surface area is 160 Å². The van der Waals surface area contributed by atoms with Crippen LogP contribution in [0.1, 0.15) is 38.4 Å². The van der Waals surface area contributed by atoms with Crippen LogP contribution in [0.3, 0.4) is 0 Å². The van der Waals surface area contributed by atoms with Gasteiger partial charge < -0.3 is 9.88 Å². The number of aromatic nitrogens is 1. The van der Waals surface area contributed by atoms with E-state index in [1.807, 2.05) is 29.2 Å². The number of H-pyrrole nitrogens is 1. The van der Waals surface area contributed by atoms with Crippen molar-refractivity contribution < 1.29 is 14.8 Å². The standard InChI is InChI=1S/C20H18ClN3O3/c21-16-5-6-17-15(9-16)10-18(22-17)20(26)24-7-1-2-12-8-13(19(25)23-27)3-4-14(12)11-24/h3-6,8-10,22,27H,1-2,7,11H2,(H,23,25). The van der Waals surface area contributed by atoms with Crippen molar-refractivity contribution in [3.05, 3.63) is 69.9 Å². The minimum Gasteiger partial charge on any atom is -0.351 e. The average molecular weight is 384 g/mol. The molecule has 0 saturated heterocycles. The van der Waals surface area contributed by atoms with Gasteiger partial charge in [0.25, 0.3) is 11.8 Å². The van der Waals surface area contributed by atoms with Crippen molar-refractivity contribution in [3.8, 4) is 0 Å². The van der Waals surface area contributed by atoms with Crippen molar-refractivity contribution in [2.24, 2.45) is 0 Å². The van der Waals surface area contributed by atoms with Crippen LogP contribution in [-0.4, -0.2) is 33.5 Å². The molecule has 1 aromatic heterocycles. The highest BCUT2D eigenvalue weighted by molar-refractivity contribution is 6.31. The zero-order valence-electron chi connectivity index (χ0n) is 14.5. The second-order valence-electron chi connectivity index (χ2n) is 6.67. The summed E-state index contributed by atoms with van der Waals surface area (Å²) in [6, 6.07) is 12.6. The molecule has 0 atom stereocenters. The van der Waals surface area contributed by atoms with Crippen LogP contribution >= 0.6 is 11.6 Å². The van der Waals surface area contributed by atoms with Crippen LogP contribution in [0.2, 0.25) is 5.02 Å². The zero-order valence-corrected chi connectivity index (χ0v) is 15.2. The number of amides is 2. The summed E-state index contributed by atoms with van der Waals surface area (Å²) in [4.78, 5) is 29.6. The van der Waals surface area contributed by atoms with Gasteiger partial charge >= 0.3 is 0 Å². The maximum atomic E-state index is 13.0. The van der Waals surface area contributed by atoms with E-state index >= 15 is 0 Å². The van der Waals surface area contributed by atoms with Gasteiger partial charge in [0.15, 0.2) is 0 Å². The second-order valence-corrected chi connectivity index (χ2v) is 7.11. The molecule has 3 aromatic rings. The number of hydrogen-bond acceptors (Lipinski definition) is 3. The molecule has 138 valence electrons. The molecule has 2 amide bonds. The van der Waals surface area contributed by atoms with Crippen LogP contribution in [0.4, 0.5) is 0 Å². The number of aromatic amines is 1. The molecule has 2 heterocycles. The molecule has 2 aromatic carbocycles. The molecule has 1 aliphatic heterocycles. The fourth-order valence-electron chi connectivity index (χ4n) is 3.53. The van der Waals surface area contributed by atoms with Crippen molar-refractivity contribution >= 4 is 34.3 Å². The normalized spacial score (nSPS) is 13.9. The fourth-order valence-corrected chi connectivity index (χ4v) is 3.71. The number of hydroxylamine groups is 1. The van der Waals surface area contributed by atoms with E-state index in [0.29, 0.717) is 29.4 Å². The lowest BCUT2D eigenvalue weighted by Gasteiger charge is -2.20. The highest BCUT2D eigenvalue weighted by Gasteiger charge is 2.22. The van der Waals surface area contributed by atoms with Gasteiger partial charge in [0, 0.05) is 34.6 Å². The Hall–Kier alpha value is -2.83. The lowest BCUT2D eigenvalue weighted by Crippen LogP contribution is -2.30. The number of benzene rings is 2. The summed E-state index contributed by atoms with van der Waals surface area (Å²) in [6.45, 7) is 1.11. The molecule has 6 nitrogen and oxygen atoms in total. The third-order valence-electron chi connectivity index (χ3n) is 4.91. The minimum atomic E-state index is -0.535. The maximum Gasteiger partial charge on any atom is 0.274 e. The Morgan fingerprint density at radius 2 is 1.96 bits per heavy atom. The average Bonchev–Trinajstić information content (AvgIpc) is 2.97. The number of halogens is 1. The van der Waals surface area contributed by atoms with Gasteiger partial charge in [-0.15, -0.1) is 0 Å². The minimum absolute atomic E-state index is 0.0626. The summed E-state index contributed by atoms with van der Waals surface area (Å²) in [5, 5.41) is 10.3. The number of nitrogens with zero attached hydrogens (tertiary/aromatic N) is 1. The summed E-state index contributed by atoms with van der Waals surface area (Å²) < 4.78 is 0. The second kappa shape index (κ2) is 7.06. The van der Waals surface area contributed by atoms with Crippen LogP contribution in [0.5, 0.6) is 0 Å². The summed E-state index contributed by atoms with van der Waals surface area (Å²) in [5.74, 6) is -0.598. The molecule has 0 radical (unpaired) electrons. The van der Waals surface area contributed by atoms with E-state index in [1.54, 1.807) is 23.7 Å². The molecular weight excluding hydrogens is 366 g/mol. The zero-order chi connectivity index (χ0) is 19.0. The van der Waals surface area contributed by atoms with Crippen molar-refractivity contribution in [1.29, 1.82) is 0 Å². The number of carbonyl (C=O) groups excluding carboxylic acids is 2. The topological polar surface area (TPSA) is 85.4 Å². The van der Waals surface area contributed by atoms with Gasteiger partial charge in [0.2, 0.25) is 0 Å². The van der Waals surface area contributed by atoms with E-state index in [0.717, 1.165) is 34.9 Å². The van der Waals surface area contributed by atoms with Gasteiger partial charge in [-0.3, -0.25) is 14.8 Å². The summed E-state index contributed by atoms with van der Waals surface area (Å²) in [6.07, 6.45) is 1.57. The number of nitrogens with one attached hydrogen (secondary N) is 2. The van der Waals surface area contributed by atoms with Gasteiger partial charge in [-0.05, 0) is 60.4 Å². The van der Waals surface area contributed by atoms with Gasteiger partial charge in [-0.25, -0.2) is 5.48 Å². The molecule has 0 saturated carbocycles. The Kier molecular flexibility index (Phi) is 4.59. The predicted octanol–water partition coefficient (Wildman–Crippen LogP) is 3.53. The van der Waals surface area contributed by atoms with Gasteiger partial charge in [0.1, 0.15) is 5.69 Å². The molecule has 27 heavy (non-hydrogen) atoms. The van der Waals surface area contributed by atoms with Crippen molar-refractivity contribution in [2.45, 2.75) is 19.4 Å². The van der Waals surface area contributed by atoms with Gasteiger partial charge in [0.05, 0.1) is 0 Å². The molecule has 0 aliphatic carbocycles. The number of aryl methyl sites for hydroxylation is 1. The lowest BCUT2D eigenvalue weighted by atomic mass is 10.0. The molecule has 0 spiro atoms. The Bertz CT molecular complexity index is 1040.